The molecule has 0 heterocycles. The quantitative estimate of drug-likeness (QED) is 0.742. The average Bonchev–Trinajstić information content (AvgIpc) is 3.47. The van der Waals surface area contributed by atoms with Gasteiger partial charge in [-0.2, -0.15) is 0 Å². The number of nitrogens with two attached hydrogens (primary N) is 1. The molecule has 1 aliphatic rings. The SMILES string of the molecule is CC(CN)(NC(=O)Cc1cccc(OCc2ccccc2Cl)c1)C1CC1. The first-order chi connectivity index (χ1) is 12.5. The number of benzene rings is 2. The van der Waals surface area contributed by atoms with Crippen molar-refractivity contribution in [1.82, 2.24) is 5.32 Å². The average molecular weight is 373 g/mol. The molecular formula is C21H25ClN2O2. The molecule has 0 saturated heterocycles. The predicted molar refractivity (Wildman–Crippen MR) is 104 cm³/mol. The molecule has 0 spiro atoms. The van der Waals surface area contributed by atoms with Crippen LogP contribution in [0.25, 0.3) is 0 Å². The van der Waals surface area contributed by atoms with Gasteiger partial charge in [-0.1, -0.05) is 41.9 Å². The van der Waals surface area contributed by atoms with Gasteiger partial charge in [0.05, 0.1) is 12.0 Å². The summed E-state index contributed by atoms with van der Waals surface area (Å²) in [6.07, 6.45) is 2.59. The summed E-state index contributed by atoms with van der Waals surface area (Å²) in [5, 5.41) is 3.80. The second kappa shape index (κ2) is 8.11. The van der Waals surface area contributed by atoms with Crippen molar-refractivity contribution in [2.24, 2.45) is 11.7 Å². The van der Waals surface area contributed by atoms with Gasteiger partial charge in [0.25, 0.3) is 0 Å². The van der Waals surface area contributed by atoms with Crippen LogP contribution in [0.3, 0.4) is 0 Å². The van der Waals surface area contributed by atoms with Gasteiger partial charge >= 0.3 is 0 Å². The number of ether oxygens (including phenoxy) is 1. The molecule has 0 bridgehead atoms. The van der Waals surface area contributed by atoms with Crippen LogP contribution in [0.5, 0.6) is 5.75 Å². The summed E-state index contributed by atoms with van der Waals surface area (Å²) < 4.78 is 5.83. The van der Waals surface area contributed by atoms with Gasteiger partial charge in [-0.15, -0.1) is 0 Å². The first kappa shape index (κ1) is 18.7. The lowest BCUT2D eigenvalue weighted by Gasteiger charge is -2.29. The predicted octanol–water partition coefficient (Wildman–Crippen LogP) is 3.71. The van der Waals surface area contributed by atoms with Gasteiger partial charge in [-0.3, -0.25) is 4.79 Å². The molecule has 1 atom stereocenters. The summed E-state index contributed by atoms with van der Waals surface area (Å²) in [4.78, 5) is 12.4. The summed E-state index contributed by atoms with van der Waals surface area (Å²) in [7, 11) is 0. The van der Waals surface area contributed by atoms with Gasteiger partial charge < -0.3 is 15.8 Å². The third-order valence-electron chi connectivity index (χ3n) is 4.94. The molecule has 4 nitrogen and oxygen atoms in total. The fraction of sp³-hybridized carbons (Fsp3) is 0.381. The van der Waals surface area contributed by atoms with E-state index in [0.29, 0.717) is 30.5 Å². The Morgan fingerprint density at radius 3 is 2.73 bits per heavy atom. The zero-order chi connectivity index (χ0) is 18.6. The maximum atomic E-state index is 12.4. The topological polar surface area (TPSA) is 64.3 Å². The van der Waals surface area contributed by atoms with E-state index in [1.807, 2.05) is 55.5 Å². The smallest absolute Gasteiger partial charge is 0.224 e. The lowest BCUT2D eigenvalue weighted by Crippen LogP contribution is -2.53. The van der Waals surface area contributed by atoms with Crippen LogP contribution in [0.2, 0.25) is 5.02 Å². The second-order valence-corrected chi connectivity index (χ2v) is 7.56. The van der Waals surface area contributed by atoms with Crippen molar-refractivity contribution in [2.75, 3.05) is 6.54 Å². The van der Waals surface area contributed by atoms with Crippen molar-refractivity contribution in [3.63, 3.8) is 0 Å². The largest absolute Gasteiger partial charge is 0.489 e. The van der Waals surface area contributed by atoms with Crippen LogP contribution in [-0.2, 0) is 17.8 Å². The Balaban J connectivity index is 1.58. The molecule has 26 heavy (non-hydrogen) atoms. The van der Waals surface area contributed by atoms with Crippen molar-refractivity contribution in [3.05, 3.63) is 64.7 Å². The van der Waals surface area contributed by atoms with E-state index in [0.717, 1.165) is 29.7 Å². The molecule has 3 rings (SSSR count). The number of amides is 1. The van der Waals surface area contributed by atoms with Crippen molar-refractivity contribution in [2.45, 2.75) is 38.3 Å². The minimum atomic E-state index is -0.296. The van der Waals surface area contributed by atoms with Crippen LogP contribution >= 0.6 is 11.6 Å². The third kappa shape index (κ3) is 4.77. The van der Waals surface area contributed by atoms with Gasteiger partial charge in [-0.05, 0) is 49.4 Å². The molecule has 138 valence electrons. The monoisotopic (exact) mass is 372 g/mol. The molecule has 5 heteroatoms. The summed E-state index contributed by atoms with van der Waals surface area (Å²) in [5.74, 6) is 1.22. The van der Waals surface area contributed by atoms with Gasteiger partial charge in [0.1, 0.15) is 12.4 Å². The van der Waals surface area contributed by atoms with E-state index in [1.165, 1.54) is 0 Å². The Labute approximate surface area is 159 Å². The summed E-state index contributed by atoms with van der Waals surface area (Å²) in [5.41, 5.74) is 7.42. The number of hydrogen-bond acceptors (Lipinski definition) is 3. The Morgan fingerprint density at radius 2 is 2.04 bits per heavy atom. The molecule has 2 aromatic carbocycles. The Bertz CT molecular complexity index is 776. The van der Waals surface area contributed by atoms with Gasteiger partial charge in [0.2, 0.25) is 5.91 Å². The Hall–Kier alpha value is -2.04. The van der Waals surface area contributed by atoms with Crippen LogP contribution < -0.4 is 15.8 Å². The number of hydrogen-bond donors (Lipinski definition) is 2. The van der Waals surface area contributed by atoms with E-state index < -0.39 is 0 Å². The van der Waals surface area contributed by atoms with Crippen LogP contribution in [0, 0.1) is 5.92 Å². The molecular weight excluding hydrogens is 348 g/mol. The molecule has 1 unspecified atom stereocenters. The second-order valence-electron chi connectivity index (χ2n) is 7.15. The Kier molecular flexibility index (Phi) is 5.84. The molecule has 0 radical (unpaired) electrons. The van der Waals surface area contributed by atoms with E-state index in [1.54, 1.807) is 0 Å². The van der Waals surface area contributed by atoms with Crippen LogP contribution in [0.15, 0.2) is 48.5 Å². The van der Waals surface area contributed by atoms with Gasteiger partial charge in [0.15, 0.2) is 0 Å². The van der Waals surface area contributed by atoms with Crippen molar-refractivity contribution < 1.29 is 9.53 Å². The molecule has 3 N–H and O–H groups in total. The van der Waals surface area contributed by atoms with Crippen LogP contribution in [0.1, 0.15) is 30.9 Å². The first-order valence-corrected chi connectivity index (χ1v) is 9.34. The number of carbonyl (C=O) groups excluding carboxylic acids is 1. The van der Waals surface area contributed by atoms with Gasteiger partial charge in [0, 0.05) is 17.1 Å². The lowest BCUT2D eigenvalue weighted by atomic mass is 9.95. The zero-order valence-corrected chi connectivity index (χ0v) is 15.8. The highest BCUT2D eigenvalue weighted by atomic mass is 35.5. The molecule has 2 aromatic rings. The van der Waals surface area contributed by atoms with E-state index >= 15 is 0 Å². The van der Waals surface area contributed by atoms with Crippen molar-refractivity contribution >= 4 is 17.5 Å². The maximum absolute atomic E-state index is 12.4. The fourth-order valence-electron chi connectivity index (χ4n) is 3.11. The van der Waals surface area contributed by atoms with Crippen LogP contribution in [0.4, 0.5) is 0 Å². The summed E-state index contributed by atoms with van der Waals surface area (Å²) in [6.45, 7) is 2.89. The fourth-order valence-corrected chi connectivity index (χ4v) is 3.30. The highest BCUT2D eigenvalue weighted by molar-refractivity contribution is 6.31. The van der Waals surface area contributed by atoms with Crippen molar-refractivity contribution in [1.29, 1.82) is 0 Å². The summed E-state index contributed by atoms with van der Waals surface area (Å²) >= 11 is 6.15. The number of halogens is 1. The molecule has 1 aliphatic carbocycles. The minimum Gasteiger partial charge on any atom is -0.489 e. The summed E-state index contributed by atoms with van der Waals surface area (Å²) in [6, 6.07) is 15.2. The first-order valence-electron chi connectivity index (χ1n) is 8.96. The highest BCUT2D eigenvalue weighted by Crippen LogP contribution is 2.39. The van der Waals surface area contributed by atoms with E-state index in [9.17, 15) is 4.79 Å². The minimum absolute atomic E-state index is 0.00639. The standard InChI is InChI=1S/C21H25ClN2O2/c1-21(14-23,17-9-10-17)24-20(25)12-15-5-4-7-18(11-15)26-13-16-6-2-3-8-19(16)22/h2-8,11,17H,9-10,12-14,23H2,1H3,(H,24,25). The third-order valence-corrected chi connectivity index (χ3v) is 5.31. The highest BCUT2D eigenvalue weighted by Gasteiger charge is 2.41. The van der Waals surface area contributed by atoms with Gasteiger partial charge in [-0.25, -0.2) is 0 Å². The van der Waals surface area contributed by atoms with E-state index in [-0.39, 0.29) is 11.4 Å². The van der Waals surface area contributed by atoms with E-state index in [4.69, 9.17) is 22.1 Å². The molecule has 0 aliphatic heterocycles. The van der Waals surface area contributed by atoms with E-state index in [2.05, 4.69) is 5.32 Å². The van der Waals surface area contributed by atoms with Crippen molar-refractivity contribution in [3.8, 4) is 5.75 Å². The molecule has 0 aromatic heterocycles. The van der Waals surface area contributed by atoms with Crippen LogP contribution in [-0.4, -0.2) is 18.0 Å². The number of nitrogens with one attached hydrogen (secondary N) is 1. The Morgan fingerprint density at radius 1 is 1.27 bits per heavy atom. The normalized spacial score (nSPS) is 16.0. The number of rotatable bonds is 8. The molecule has 1 amide bonds. The zero-order valence-electron chi connectivity index (χ0n) is 15.0. The maximum Gasteiger partial charge on any atom is 0.224 e. The molecule has 1 saturated carbocycles. The lowest BCUT2D eigenvalue weighted by molar-refractivity contribution is -0.122. The number of carbonyl (C=O) groups is 1. The molecule has 1 fully saturated rings.